The maximum absolute atomic E-state index is 15.5. The highest BCUT2D eigenvalue weighted by Crippen LogP contribution is 2.32. The molecule has 0 bridgehead atoms. The first-order valence-electron chi connectivity index (χ1n) is 13.5. The van der Waals surface area contributed by atoms with Gasteiger partial charge in [-0.2, -0.15) is 0 Å². The van der Waals surface area contributed by atoms with Gasteiger partial charge in [0.05, 0.1) is 21.2 Å². The van der Waals surface area contributed by atoms with Gasteiger partial charge >= 0.3 is 0 Å². The van der Waals surface area contributed by atoms with Crippen LogP contribution in [0.2, 0.25) is 0 Å². The topological polar surface area (TPSA) is 78.4 Å². The Hall–Kier alpha value is -4.37. The molecule has 208 valence electrons. The zero-order valence-corrected chi connectivity index (χ0v) is 24.0. The van der Waals surface area contributed by atoms with Gasteiger partial charge in [-0.15, -0.1) is 11.3 Å². The summed E-state index contributed by atoms with van der Waals surface area (Å²) in [6.07, 6.45) is 1.74. The molecule has 1 aliphatic heterocycles. The van der Waals surface area contributed by atoms with Gasteiger partial charge in [0.1, 0.15) is 5.82 Å². The maximum atomic E-state index is 15.5. The molecule has 2 amide bonds. The van der Waals surface area contributed by atoms with Crippen LogP contribution in [0.25, 0.3) is 32.2 Å². The number of pyridine rings is 1. The van der Waals surface area contributed by atoms with Crippen LogP contribution >= 0.6 is 11.3 Å². The van der Waals surface area contributed by atoms with E-state index in [2.05, 4.69) is 15.3 Å². The lowest BCUT2D eigenvalue weighted by molar-refractivity contribution is -0.140. The van der Waals surface area contributed by atoms with E-state index in [4.69, 9.17) is 0 Å². The van der Waals surface area contributed by atoms with Crippen LogP contribution in [0.3, 0.4) is 0 Å². The van der Waals surface area contributed by atoms with Crippen LogP contribution in [0, 0.1) is 11.2 Å². The monoisotopic (exact) mass is 567 g/mol. The van der Waals surface area contributed by atoms with Crippen molar-refractivity contribution in [1.82, 2.24) is 19.8 Å². The molecule has 0 aliphatic carbocycles. The Morgan fingerprint density at radius 1 is 0.878 bits per heavy atom. The molecule has 0 radical (unpaired) electrons. The number of hydrogen-bond acceptors (Lipinski definition) is 6. The summed E-state index contributed by atoms with van der Waals surface area (Å²) in [6.45, 7) is 7.47. The third-order valence-corrected chi connectivity index (χ3v) is 8.18. The van der Waals surface area contributed by atoms with Crippen molar-refractivity contribution in [3.05, 3.63) is 83.8 Å². The number of fused-ring (bicyclic) bond motifs is 2. The quantitative estimate of drug-likeness (QED) is 0.261. The van der Waals surface area contributed by atoms with Gasteiger partial charge in [0.25, 0.3) is 5.91 Å². The van der Waals surface area contributed by atoms with Gasteiger partial charge in [-0.05, 0) is 54.1 Å². The van der Waals surface area contributed by atoms with Crippen molar-refractivity contribution in [1.29, 1.82) is 0 Å². The number of anilines is 2. The number of amides is 2. The molecule has 1 aliphatic rings. The molecule has 0 atom stereocenters. The molecule has 1 N–H and O–H groups in total. The van der Waals surface area contributed by atoms with Crippen molar-refractivity contribution >= 4 is 55.6 Å². The first-order valence-corrected chi connectivity index (χ1v) is 14.4. The second kappa shape index (κ2) is 10.6. The molecular formula is C32H30FN5O2S. The molecule has 0 unspecified atom stereocenters. The van der Waals surface area contributed by atoms with Crippen LogP contribution in [-0.2, 0) is 4.79 Å². The summed E-state index contributed by atoms with van der Waals surface area (Å²) in [4.78, 5) is 38.1. The first kappa shape index (κ1) is 26.8. The highest BCUT2D eigenvalue weighted by Gasteiger charge is 2.31. The Morgan fingerprint density at radius 3 is 2.41 bits per heavy atom. The number of thiazole rings is 1. The summed E-state index contributed by atoms with van der Waals surface area (Å²) < 4.78 is 16.6. The minimum atomic E-state index is -0.468. The summed E-state index contributed by atoms with van der Waals surface area (Å²) >= 11 is 1.60. The Labute approximate surface area is 241 Å². The normalized spacial score (nSPS) is 14.0. The lowest BCUT2D eigenvalue weighted by atomic mass is 9.94. The lowest BCUT2D eigenvalue weighted by Gasteiger charge is -2.37. The number of hydrogen-bond donors (Lipinski definition) is 1. The fourth-order valence-electron chi connectivity index (χ4n) is 5.17. The molecule has 41 heavy (non-hydrogen) atoms. The van der Waals surface area contributed by atoms with Gasteiger partial charge in [-0.25, -0.2) is 9.37 Å². The van der Waals surface area contributed by atoms with Crippen molar-refractivity contribution in [2.75, 3.05) is 31.5 Å². The van der Waals surface area contributed by atoms with E-state index in [9.17, 15) is 9.59 Å². The fraction of sp³-hybridized carbons (Fsp3) is 0.250. The largest absolute Gasteiger partial charge is 0.355 e. The van der Waals surface area contributed by atoms with E-state index in [0.717, 1.165) is 32.5 Å². The number of benzene rings is 3. The standard InChI is InChI=1S/C32H30FN5O2S/c1-32(2,3)31(40)38-14-12-37(13-15-38)30(39)21-4-7-23(25(33)17-21)20-5-8-26-24(16-20)27(10-11-34-26)36-22-6-9-29-28(18-22)35-19-41-29/h4-11,16-19H,12-15H2,1-3H3,(H,34,36). The molecule has 3 heterocycles. The average Bonchev–Trinajstić information content (AvgIpc) is 3.44. The molecule has 9 heteroatoms. The first-order chi connectivity index (χ1) is 19.7. The zero-order valence-electron chi connectivity index (χ0n) is 23.1. The number of piperazine rings is 1. The average molecular weight is 568 g/mol. The van der Waals surface area contributed by atoms with Crippen LogP contribution in [0.15, 0.2) is 72.4 Å². The summed E-state index contributed by atoms with van der Waals surface area (Å²) in [5.41, 5.74) is 6.21. The van der Waals surface area contributed by atoms with Gasteiger partial charge in [-0.1, -0.05) is 32.9 Å². The molecule has 1 fully saturated rings. The zero-order chi connectivity index (χ0) is 28.7. The van der Waals surface area contributed by atoms with Crippen LogP contribution in [-0.4, -0.2) is 57.8 Å². The van der Waals surface area contributed by atoms with E-state index in [1.54, 1.807) is 39.5 Å². The van der Waals surface area contributed by atoms with Crippen LogP contribution < -0.4 is 5.32 Å². The molecule has 0 saturated carbocycles. The van der Waals surface area contributed by atoms with E-state index in [1.807, 2.05) is 68.7 Å². The molecule has 3 aromatic carbocycles. The number of nitrogens with zero attached hydrogens (tertiary/aromatic N) is 4. The highest BCUT2D eigenvalue weighted by molar-refractivity contribution is 7.16. The maximum Gasteiger partial charge on any atom is 0.254 e. The Kier molecular flexibility index (Phi) is 6.91. The van der Waals surface area contributed by atoms with Gasteiger partial charge in [0.2, 0.25) is 5.91 Å². The molecule has 6 rings (SSSR count). The van der Waals surface area contributed by atoms with Crippen molar-refractivity contribution < 1.29 is 14.0 Å². The summed E-state index contributed by atoms with van der Waals surface area (Å²) in [7, 11) is 0. The van der Waals surface area contributed by atoms with Crippen LogP contribution in [0.4, 0.5) is 15.8 Å². The van der Waals surface area contributed by atoms with Gasteiger partial charge in [-0.3, -0.25) is 14.6 Å². The highest BCUT2D eigenvalue weighted by atomic mass is 32.1. The van der Waals surface area contributed by atoms with Crippen LogP contribution in [0.5, 0.6) is 0 Å². The smallest absolute Gasteiger partial charge is 0.254 e. The van der Waals surface area contributed by atoms with Crippen molar-refractivity contribution in [2.45, 2.75) is 20.8 Å². The summed E-state index contributed by atoms with van der Waals surface area (Å²) in [5.74, 6) is -0.627. The fourth-order valence-corrected chi connectivity index (χ4v) is 5.82. The molecule has 2 aromatic heterocycles. The number of rotatable bonds is 4. The molecule has 5 aromatic rings. The number of halogens is 1. The molecule has 0 spiro atoms. The Balaban J connectivity index is 1.22. The third-order valence-electron chi connectivity index (χ3n) is 7.37. The minimum absolute atomic E-state index is 0.0736. The number of nitrogens with one attached hydrogen (secondary N) is 1. The number of carbonyl (C=O) groups is 2. The summed E-state index contributed by atoms with van der Waals surface area (Å²) in [6, 6.07) is 18.2. The van der Waals surface area contributed by atoms with Gasteiger partial charge < -0.3 is 15.1 Å². The van der Waals surface area contributed by atoms with Gasteiger partial charge in [0.15, 0.2) is 0 Å². The predicted octanol–water partition coefficient (Wildman–Crippen LogP) is 6.72. The second-order valence-electron chi connectivity index (χ2n) is 11.3. The molecule has 1 saturated heterocycles. The van der Waals surface area contributed by atoms with E-state index in [0.29, 0.717) is 42.9 Å². The molecular weight excluding hydrogens is 537 g/mol. The Bertz CT molecular complexity index is 1790. The lowest BCUT2D eigenvalue weighted by Crippen LogP contribution is -2.53. The van der Waals surface area contributed by atoms with Crippen molar-refractivity contribution in [2.24, 2.45) is 5.41 Å². The minimum Gasteiger partial charge on any atom is -0.355 e. The van der Waals surface area contributed by atoms with E-state index < -0.39 is 11.2 Å². The second-order valence-corrected chi connectivity index (χ2v) is 12.2. The Morgan fingerprint density at radius 2 is 1.66 bits per heavy atom. The summed E-state index contributed by atoms with van der Waals surface area (Å²) in [5, 5.41) is 4.31. The van der Waals surface area contributed by atoms with Crippen molar-refractivity contribution in [3.63, 3.8) is 0 Å². The number of carbonyl (C=O) groups excluding carboxylic acids is 2. The van der Waals surface area contributed by atoms with Crippen LogP contribution in [0.1, 0.15) is 31.1 Å². The number of aromatic nitrogens is 2. The van der Waals surface area contributed by atoms with Crippen molar-refractivity contribution in [3.8, 4) is 11.1 Å². The van der Waals surface area contributed by atoms with Gasteiger partial charge in [0, 0.05) is 65.7 Å². The SMILES string of the molecule is CC(C)(C)C(=O)N1CCN(C(=O)c2ccc(-c3ccc4nccc(Nc5ccc6scnc6c5)c4c3)c(F)c2)CC1. The third kappa shape index (κ3) is 5.37. The van der Waals surface area contributed by atoms with E-state index in [1.165, 1.54) is 6.07 Å². The van der Waals surface area contributed by atoms with E-state index >= 15 is 4.39 Å². The van der Waals surface area contributed by atoms with E-state index in [-0.39, 0.29) is 11.8 Å². The molecule has 7 nitrogen and oxygen atoms in total. The predicted molar refractivity (Wildman–Crippen MR) is 162 cm³/mol.